The normalized spacial score (nSPS) is 20.6. The Morgan fingerprint density at radius 3 is 2.50 bits per heavy atom. The van der Waals surface area contributed by atoms with Gasteiger partial charge >= 0.3 is 5.97 Å². The molecule has 2 rings (SSSR count). The summed E-state index contributed by atoms with van der Waals surface area (Å²) in [7, 11) is 1.66. The predicted octanol–water partition coefficient (Wildman–Crippen LogP) is 3.14. The van der Waals surface area contributed by atoms with Gasteiger partial charge in [0.15, 0.2) is 5.60 Å². The predicted molar refractivity (Wildman–Crippen MR) is 77.5 cm³/mol. The maximum absolute atomic E-state index is 11.0. The Balaban J connectivity index is 1.96. The Kier molecular flexibility index (Phi) is 4.04. The van der Waals surface area contributed by atoms with Crippen LogP contribution in [-0.2, 0) is 9.53 Å². The molecule has 1 aliphatic rings. The molecule has 3 heteroatoms. The van der Waals surface area contributed by atoms with Crippen LogP contribution in [0.5, 0.6) is 5.75 Å². The molecule has 0 spiro atoms. The molecule has 106 valence electrons. The van der Waals surface area contributed by atoms with Crippen LogP contribution < -0.4 is 4.74 Å². The Morgan fingerprint density at radius 2 is 1.95 bits per heavy atom. The van der Waals surface area contributed by atoms with Crippen LogP contribution in [0.1, 0.15) is 38.7 Å². The minimum Gasteiger partial charge on any atom is -0.497 e. The van der Waals surface area contributed by atoms with E-state index in [1.165, 1.54) is 12.5 Å². The van der Waals surface area contributed by atoms with Crippen molar-refractivity contribution >= 4 is 5.97 Å². The molecular weight excluding hydrogens is 252 g/mol. The highest BCUT2D eigenvalue weighted by Crippen LogP contribution is 2.47. The molecule has 0 bridgehead atoms. The third kappa shape index (κ3) is 3.77. The number of carbonyl (C=O) groups is 1. The maximum Gasteiger partial charge on any atom is 0.304 e. The largest absolute Gasteiger partial charge is 0.497 e. The highest BCUT2D eigenvalue weighted by Gasteiger charge is 2.37. The topological polar surface area (TPSA) is 35.5 Å². The molecule has 0 saturated heterocycles. The number of rotatable bonds is 3. The van der Waals surface area contributed by atoms with E-state index in [0.29, 0.717) is 11.8 Å². The molecular formula is C17H20O3. The number of ether oxygens (including phenoxy) is 2. The molecule has 1 fully saturated rings. The second-order valence-electron chi connectivity index (χ2n) is 5.60. The van der Waals surface area contributed by atoms with Crippen LogP contribution in [0.15, 0.2) is 24.3 Å². The van der Waals surface area contributed by atoms with E-state index < -0.39 is 5.60 Å². The zero-order valence-corrected chi connectivity index (χ0v) is 12.4. The summed E-state index contributed by atoms with van der Waals surface area (Å²) in [6.07, 6.45) is 1.06. The lowest BCUT2D eigenvalue weighted by Gasteiger charge is -2.17. The second-order valence-corrected chi connectivity index (χ2v) is 5.60. The van der Waals surface area contributed by atoms with Gasteiger partial charge in [0.2, 0.25) is 0 Å². The lowest BCUT2D eigenvalue weighted by molar-refractivity contribution is -0.148. The summed E-state index contributed by atoms with van der Waals surface area (Å²) < 4.78 is 10.3. The molecule has 20 heavy (non-hydrogen) atoms. The first-order chi connectivity index (χ1) is 9.41. The SMILES string of the molecule is COc1ccc([C@@H]2C[C@H]2C#CC(C)(C)OC(C)=O)cc1. The summed E-state index contributed by atoms with van der Waals surface area (Å²) in [6.45, 7) is 5.03. The van der Waals surface area contributed by atoms with Crippen molar-refractivity contribution in [1.82, 2.24) is 0 Å². The Morgan fingerprint density at radius 1 is 1.30 bits per heavy atom. The number of methoxy groups -OCH3 is 1. The van der Waals surface area contributed by atoms with Gasteiger partial charge in [0.05, 0.1) is 7.11 Å². The molecule has 3 nitrogen and oxygen atoms in total. The molecule has 0 radical (unpaired) electrons. The van der Waals surface area contributed by atoms with Gasteiger partial charge in [0.25, 0.3) is 0 Å². The average molecular weight is 272 g/mol. The van der Waals surface area contributed by atoms with E-state index in [1.54, 1.807) is 7.11 Å². The van der Waals surface area contributed by atoms with E-state index in [1.807, 2.05) is 26.0 Å². The van der Waals surface area contributed by atoms with Crippen LogP contribution in [-0.4, -0.2) is 18.7 Å². The standard InChI is InChI=1S/C17H20O3/c1-12(18)20-17(2,3)10-9-14-11-16(14)13-5-7-15(19-4)8-6-13/h5-8,14,16H,11H2,1-4H3/t14-,16+/m1/s1. The fourth-order valence-corrected chi connectivity index (χ4v) is 2.23. The smallest absolute Gasteiger partial charge is 0.304 e. The fourth-order valence-electron chi connectivity index (χ4n) is 2.23. The molecule has 1 aromatic carbocycles. The lowest BCUT2D eigenvalue weighted by atomic mass is 10.1. The molecule has 1 aliphatic carbocycles. The number of benzene rings is 1. The van der Waals surface area contributed by atoms with Gasteiger partial charge < -0.3 is 9.47 Å². The summed E-state index contributed by atoms with van der Waals surface area (Å²) >= 11 is 0. The van der Waals surface area contributed by atoms with E-state index in [0.717, 1.165) is 12.2 Å². The first-order valence-electron chi connectivity index (χ1n) is 6.77. The molecule has 2 atom stereocenters. The monoisotopic (exact) mass is 272 g/mol. The Bertz CT molecular complexity index is 546. The van der Waals surface area contributed by atoms with Crippen molar-refractivity contribution < 1.29 is 14.3 Å². The average Bonchev–Trinajstić information content (AvgIpc) is 3.15. The summed E-state index contributed by atoms with van der Waals surface area (Å²) in [5, 5.41) is 0. The number of hydrogen-bond donors (Lipinski definition) is 0. The first kappa shape index (κ1) is 14.5. The minimum absolute atomic E-state index is 0.299. The molecule has 0 N–H and O–H groups in total. The highest BCUT2D eigenvalue weighted by molar-refractivity contribution is 5.67. The lowest BCUT2D eigenvalue weighted by Crippen LogP contribution is -2.24. The zero-order valence-electron chi connectivity index (χ0n) is 12.4. The van der Waals surface area contributed by atoms with Gasteiger partial charge in [-0.05, 0) is 43.9 Å². The minimum atomic E-state index is -0.709. The fraction of sp³-hybridized carbons (Fsp3) is 0.471. The van der Waals surface area contributed by atoms with Gasteiger partial charge in [-0.2, -0.15) is 0 Å². The molecule has 1 saturated carbocycles. The summed E-state index contributed by atoms with van der Waals surface area (Å²) in [5.41, 5.74) is 0.578. The van der Waals surface area contributed by atoms with E-state index in [2.05, 4.69) is 24.0 Å². The van der Waals surface area contributed by atoms with E-state index in [4.69, 9.17) is 9.47 Å². The van der Waals surface area contributed by atoms with Gasteiger partial charge in [-0.15, -0.1) is 0 Å². The molecule has 0 heterocycles. The Labute approximate surface area is 120 Å². The van der Waals surface area contributed by atoms with Crippen LogP contribution in [0.3, 0.4) is 0 Å². The van der Waals surface area contributed by atoms with Crippen molar-refractivity contribution in [2.75, 3.05) is 7.11 Å². The van der Waals surface area contributed by atoms with Gasteiger partial charge in [0, 0.05) is 12.8 Å². The van der Waals surface area contributed by atoms with Crippen molar-refractivity contribution in [3.05, 3.63) is 29.8 Å². The van der Waals surface area contributed by atoms with Crippen molar-refractivity contribution in [2.24, 2.45) is 5.92 Å². The van der Waals surface area contributed by atoms with Crippen LogP contribution in [0.25, 0.3) is 0 Å². The zero-order chi connectivity index (χ0) is 14.8. The number of hydrogen-bond acceptors (Lipinski definition) is 3. The summed E-state index contributed by atoms with van der Waals surface area (Å²) in [6, 6.07) is 8.12. The van der Waals surface area contributed by atoms with Gasteiger partial charge in [-0.1, -0.05) is 24.0 Å². The van der Waals surface area contributed by atoms with Gasteiger partial charge in [-0.3, -0.25) is 4.79 Å². The van der Waals surface area contributed by atoms with Gasteiger partial charge in [0.1, 0.15) is 5.75 Å². The summed E-state index contributed by atoms with van der Waals surface area (Å²) in [5.74, 6) is 7.69. The van der Waals surface area contributed by atoms with Crippen molar-refractivity contribution in [3.63, 3.8) is 0 Å². The third-order valence-electron chi connectivity index (χ3n) is 3.29. The molecule has 1 aromatic rings. The van der Waals surface area contributed by atoms with Crippen molar-refractivity contribution in [3.8, 4) is 17.6 Å². The molecule has 0 amide bonds. The Hall–Kier alpha value is -1.95. The molecule has 0 unspecified atom stereocenters. The number of esters is 1. The van der Waals surface area contributed by atoms with Crippen LogP contribution in [0, 0.1) is 17.8 Å². The third-order valence-corrected chi connectivity index (χ3v) is 3.29. The first-order valence-corrected chi connectivity index (χ1v) is 6.77. The van der Waals surface area contributed by atoms with Gasteiger partial charge in [-0.25, -0.2) is 0 Å². The van der Waals surface area contributed by atoms with Crippen molar-refractivity contribution in [1.29, 1.82) is 0 Å². The number of carbonyl (C=O) groups excluding carboxylic acids is 1. The second kappa shape index (κ2) is 5.58. The summed E-state index contributed by atoms with van der Waals surface area (Å²) in [4.78, 5) is 11.0. The maximum atomic E-state index is 11.0. The molecule has 0 aliphatic heterocycles. The van der Waals surface area contributed by atoms with E-state index in [-0.39, 0.29) is 5.97 Å². The van der Waals surface area contributed by atoms with E-state index in [9.17, 15) is 4.79 Å². The van der Waals surface area contributed by atoms with Crippen LogP contribution >= 0.6 is 0 Å². The quantitative estimate of drug-likeness (QED) is 0.626. The molecule has 0 aromatic heterocycles. The highest BCUT2D eigenvalue weighted by atomic mass is 16.6. The van der Waals surface area contributed by atoms with Crippen molar-refractivity contribution in [2.45, 2.75) is 38.7 Å². The van der Waals surface area contributed by atoms with Crippen LogP contribution in [0.2, 0.25) is 0 Å². The van der Waals surface area contributed by atoms with Crippen LogP contribution in [0.4, 0.5) is 0 Å². The van der Waals surface area contributed by atoms with E-state index >= 15 is 0 Å².